The van der Waals surface area contributed by atoms with Gasteiger partial charge in [0.2, 0.25) is 5.95 Å². The van der Waals surface area contributed by atoms with Gasteiger partial charge in [-0.25, -0.2) is 9.78 Å². The van der Waals surface area contributed by atoms with Gasteiger partial charge in [0.05, 0.1) is 12.3 Å². The summed E-state index contributed by atoms with van der Waals surface area (Å²) in [7, 11) is 1.57. The van der Waals surface area contributed by atoms with Crippen LogP contribution in [-0.2, 0) is 17.9 Å². The van der Waals surface area contributed by atoms with Gasteiger partial charge in [0.25, 0.3) is 5.56 Å². The van der Waals surface area contributed by atoms with Crippen molar-refractivity contribution in [1.82, 2.24) is 14.9 Å². The fourth-order valence-electron chi connectivity index (χ4n) is 2.78. The minimum atomic E-state index is -0.882. The molecular weight excluding hydrogens is 344 g/mol. The van der Waals surface area contributed by atoms with Crippen LogP contribution in [0, 0.1) is 0 Å². The molecule has 25 heavy (non-hydrogen) atoms. The quantitative estimate of drug-likeness (QED) is 0.789. The van der Waals surface area contributed by atoms with Crippen LogP contribution >= 0.6 is 11.3 Å². The topological polar surface area (TPSA) is 98.8 Å². The van der Waals surface area contributed by atoms with E-state index in [0.29, 0.717) is 23.1 Å². The molecule has 1 saturated heterocycles. The molecule has 1 fully saturated rings. The monoisotopic (exact) mass is 364 g/mol. The molecular formula is C16H20N4O4S. The molecule has 2 aromatic heterocycles. The number of nitrogens with one attached hydrogen (secondary N) is 1. The second-order valence-electron chi connectivity index (χ2n) is 5.83. The molecule has 134 valence electrons. The Morgan fingerprint density at radius 3 is 2.76 bits per heavy atom. The van der Waals surface area contributed by atoms with Crippen LogP contribution in [-0.4, -0.2) is 59.2 Å². The molecule has 0 saturated carbocycles. The molecule has 2 N–H and O–H groups in total. The summed E-state index contributed by atoms with van der Waals surface area (Å²) in [5.41, 5.74) is 0.433. The van der Waals surface area contributed by atoms with Gasteiger partial charge in [0.15, 0.2) is 0 Å². The summed E-state index contributed by atoms with van der Waals surface area (Å²) in [6, 6.07) is 4.96. The number of piperazine rings is 1. The molecule has 3 rings (SSSR count). The number of aromatic nitrogens is 2. The maximum atomic E-state index is 11.8. The van der Waals surface area contributed by atoms with Crippen molar-refractivity contribution in [3.63, 3.8) is 0 Å². The highest BCUT2D eigenvalue weighted by molar-refractivity contribution is 7.13. The van der Waals surface area contributed by atoms with Gasteiger partial charge in [-0.2, -0.15) is 0 Å². The third-order valence-electron chi connectivity index (χ3n) is 4.00. The smallest absolute Gasteiger partial charge is 0.345 e. The van der Waals surface area contributed by atoms with Crippen molar-refractivity contribution in [2.75, 3.05) is 38.2 Å². The first-order valence-electron chi connectivity index (χ1n) is 7.93. The number of carboxylic acid groups (broad SMARTS) is 1. The van der Waals surface area contributed by atoms with Crippen LogP contribution < -0.4 is 10.5 Å². The van der Waals surface area contributed by atoms with Crippen LogP contribution in [0.25, 0.3) is 0 Å². The van der Waals surface area contributed by atoms with Crippen molar-refractivity contribution in [3.05, 3.63) is 44.0 Å². The van der Waals surface area contributed by atoms with Crippen molar-refractivity contribution < 1.29 is 14.6 Å². The Hall–Kier alpha value is -2.23. The number of methoxy groups -OCH3 is 1. The van der Waals surface area contributed by atoms with Crippen molar-refractivity contribution in [1.29, 1.82) is 0 Å². The van der Waals surface area contributed by atoms with Gasteiger partial charge in [-0.3, -0.25) is 14.7 Å². The summed E-state index contributed by atoms with van der Waals surface area (Å²) < 4.78 is 5.04. The summed E-state index contributed by atoms with van der Waals surface area (Å²) in [6.45, 7) is 4.17. The zero-order valence-electron chi connectivity index (χ0n) is 13.9. The number of thiophene rings is 1. The minimum Gasteiger partial charge on any atom is -0.477 e. The number of hydrogen-bond acceptors (Lipinski definition) is 7. The summed E-state index contributed by atoms with van der Waals surface area (Å²) >= 11 is 1.31. The van der Waals surface area contributed by atoms with Gasteiger partial charge in [-0.05, 0) is 12.1 Å². The van der Waals surface area contributed by atoms with E-state index >= 15 is 0 Å². The first kappa shape index (κ1) is 17.6. The number of ether oxygens (including phenoxy) is 1. The van der Waals surface area contributed by atoms with E-state index in [4.69, 9.17) is 9.84 Å². The predicted molar refractivity (Wildman–Crippen MR) is 94.3 cm³/mol. The number of hydrogen-bond donors (Lipinski definition) is 2. The van der Waals surface area contributed by atoms with Gasteiger partial charge in [0, 0.05) is 50.8 Å². The summed E-state index contributed by atoms with van der Waals surface area (Å²) in [6.07, 6.45) is 0. The van der Waals surface area contributed by atoms with E-state index in [-0.39, 0.29) is 5.56 Å². The Bertz CT molecular complexity index is 795. The zero-order chi connectivity index (χ0) is 17.8. The molecule has 3 heterocycles. The van der Waals surface area contributed by atoms with Gasteiger partial charge in [0.1, 0.15) is 4.88 Å². The lowest BCUT2D eigenvalue weighted by molar-refractivity contribution is 0.0702. The third kappa shape index (κ3) is 4.44. The first-order chi connectivity index (χ1) is 12.0. The average molecular weight is 364 g/mol. The number of carboxylic acids is 1. The Morgan fingerprint density at radius 2 is 2.12 bits per heavy atom. The number of rotatable bonds is 6. The molecule has 0 aliphatic carbocycles. The molecule has 1 aliphatic heterocycles. The second kappa shape index (κ2) is 7.77. The molecule has 0 radical (unpaired) electrons. The lowest BCUT2D eigenvalue weighted by Crippen LogP contribution is -2.46. The van der Waals surface area contributed by atoms with E-state index < -0.39 is 5.97 Å². The van der Waals surface area contributed by atoms with Crippen molar-refractivity contribution in [3.8, 4) is 0 Å². The lowest BCUT2D eigenvalue weighted by Gasteiger charge is -2.34. The van der Waals surface area contributed by atoms with E-state index in [2.05, 4.69) is 14.9 Å². The number of aromatic carboxylic acids is 1. The van der Waals surface area contributed by atoms with E-state index in [9.17, 15) is 9.59 Å². The van der Waals surface area contributed by atoms with Gasteiger partial charge >= 0.3 is 5.97 Å². The normalized spacial score (nSPS) is 15.5. The van der Waals surface area contributed by atoms with E-state index in [0.717, 1.165) is 37.6 Å². The molecule has 1 aliphatic rings. The molecule has 0 atom stereocenters. The van der Waals surface area contributed by atoms with Crippen LogP contribution in [0.4, 0.5) is 5.95 Å². The average Bonchev–Trinajstić information content (AvgIpc) is 3.04. The zero-order valence-corrected chi connectivity index (χ0v) is 14.7. The predicted octanol–water partition coefficient (Wildman–Crippen LogP) is 0.998. The standard InChI is InChI=1S/C16H20N4O4S/c1-24-10-11-8-14(21)18-16(17-11)20-6-4-19(5-7-20)9-12-2-3-13(25-12)15(22)23/h2-3,8H,4-7,9-10H2,1H3,(H,22,23)(H,17,18,21). The Kier molecular flexibility index (Phi) is 5.47. The Balaban J connectivity index is 1.59. The van der Waals surface area contributed by atoms with Crippen LogP contribution in [0.3, 0.4) is 0 Å². The molecule has 9 heteroatoms. The third-order valence-corrected chi connectivity index (χ3v) is 5.06. The lowest BCUT2D eigenvalue weighted by atomic mass is 10.3. The highest BCUT2D eigenvalue weighted by atomic mass is 32.1. The first-order valence-corrected chi connectivity index (χ1v) is 8.75. The maximum Gasteiger partial charge on any atom is 0.345 e. The minimum absolute atomic E-state index is 0.181. The number of anilines is 1. The molecule has 8 nitrogen and oxygen atoms in total. The highest BCUT2D eigenvalue weighted by Gasteiger charge is 2.20. The maximum absolute atomic E-state index is 11.8. The number of aromatic amines is 1. The fourth-order valence-corrected chi connectivity index (χ4v) is 3.67. The SMILES string of the molecule is COCc1cc(=O)[nH]c(N2CCN(Cc3ccc(C(=O)O)s3)CC2)n1. The molecule has 2 aromatic rings. The molecule has 0 unspecified atom stereocenters. The van der Waals surface area contributed by atoms with Gasteiger partial charge in [-0.15, -0.1) is 11.3 Å². The van der Waals surface area contributed by atoms with Crippen molar-refractivity contribution in [2.24, 2.45) is 0 Å². The Labute approximate surface area is 148 Å². The molecule has 0 spiro atoms. The van der Waals surface area contributed by atoms with Crippen LogP contribution in [0.15, 0.2) is 23.0 Å². The van der Waals surface area contributed by atoms with Crippen LogP contribution in [0.2, 0.25) is 0 Å². The molecule has 0 aromatic carbocycles. The Morgan fingerprint density at radius 1 is 1.36 bits per heavy atom. The van der Waals surface area contributed by atoms with Crippen LogP contribution in [0.5, 0.6) is 0 Å². The summed E-state index contributed by atoms with van der Waals surface area (Å²) in [5.74, 6) is -0.310. The second-order valence-corrected chi connectivity index (χ2v) is 7.00. The number of carbonyl (C=O) groups is 1. The molecule has 0 bridgehead atoms. The molecule has 0 amide bonds. The van der Waals surface area contributed by atoms with E-state index in [1.54, 1.807) is 13.2 Å². The summed E-state index contributed by atoms with van der Waals surface area (Å²) in [5, 5.41) is 8.99. The summed E-state index contributed by atoms with van der Waals surface area (Å²) in [4.78, 5) is 35.7. The van der Waals surface area contributed by atoms with Crippen molar-refractivity contribution in [2.45, 2.75) is 13.2 Å². The largest absolute Gasteiger partial charge is 0.477 e. The van der Waals surface area contributed by atoms with Crippen LogP contribution in [0.1, 0.15) is 20.2 Å². The highest BCUT2D eigenvalue weighted by Crippen LogP contribution is 2.19. The number of H-pyrrole nitrogens is 1. The fraction of sp³-hybridized carbons (Fsp3) is 0.438. The van der Waals surface area contributed by atoms with E-state index in [1.165, 1.54) is 17.4 Å². The van der Waals surface area contributed by atoms with Gasteiger partial charge in [-0.1, -0.05) is 0 Å². The van der Waals surface area contributed by atoms with Crippen molar-refractivity contribution >= 4 is 23.3 Å². The van der Waals surface area contributed by atoms with E-state index in [1.807, 2.05) is 11.0 Å². The number of nitrogens with zero attached hydrogens (tertiary/aromatic N) is 3. The van der Waals surface area contributed by atoms with Gasteiger partial charge < -0.3 is 14.7 Å².